The summed E-state index contributed by atoms with van der Waals surface area (Å²) in [5.74, 6) is 0. The van der Waals surface area contributed by atoms with Gasteiger partial charge in [-0.2, -0.15) is 0 Å². The standard InChI is InChI=1S/C6H10N2/c1-2-4-8-5-3-7-6-8/h2-5,7H,6H2,1H3. The van der Waals surface area contributed by atoms with Gasteiger partial charge in [0.15, 0.2) is 0 Å². The summed E-state index contributed by atoms with van der Waals surface area (Å²) in [4.78, 5) is 2.07. The molecular weight excluding hydrogens is 100 g/mol. The first-order chi connectivity index (χ1) is 3.93. The molecule has 0 radical (unpaired) electrons. The van der Waals surface area contributed by atoms with E-state index >= 15 is 0 Å². The van der Waals surface area contributed by atoms with Gasteiger partial charge >= 0.3 is 0 Å². The second-order valence-electron chi connectivity index (χ2n) is 1.67. The Morgan fingerprint density at radius 3 is 3.12 bits per heavy atom. The van der Waals surface area contributed by atoms with E-state index in [1.165, 1.54) is 0 Å². The molecular formula is C6H10N2. The van der Waals surface area contributed by atoms with Crippen molar-refractivity contribution in [2.24, 2.45) is 0 Å². The lowest BCUT2D eigenvalue weighted by Gasteiger charge is -2.05. The SMILES string of the molecule is CC=CN1C=CNC1. The van der Waals surface area contributed by atoms with Crippen molar-refractivity contribution in [3.8, 4) is 0 Å². The third-order valence-corrected chi connectivity index (χ3v) is 0.998. The molecule has 1 aliphatic rings. The first-order valence-electron chi connectivity index (χ1n) is 2.72. The van der Waals surface area contributed by atoms with Crippen LogP contribution in [0.15, 0.2) is 24.7 Å². The van der Waals surface area contributed by atoms with Gasteiger partial charge in [-0.25, -0.2) is 0 Å². The molecule has 1 rings (SSSR count). The fraction of sp³-hybridized carbons (Fsp3) is 0.333. The Bertz CT molecular complexity index is 116. The summed E-state index contributed by atoms with van der Waals surface area (Å²) < 4.78 is 0. The van der Waals surface area contributed by atoms with E-state index in [1.807, 2.05) is 31.6 Å². The summed E-state index contributed by atoms with van der Waals surface area (Å²) in [5.41, 5.74) is 0. The highest BCUT2D eigenvalue weighted by Gasteiger charge is 1.94. The summed E-state index contributed by atoms with van der Waals surface area (Å²) in [7, 11) is 0. The van der Waals surface area contributed by atoms with Crippen LogP contribution in [0, 0.1) is 0 Å². The van der Waals surface area contributed by atoms with Gasteiger partial charge in [-0.1, -0.05) is 6.08 Å². The van der Waals surface area contributed by atoms with Gasteiger partial charge < -0.3 is 10.2 Å². The molecule has 0 spiro atoms. The zero-order chi connectivity index (χ0) is 5.82. The van der Waals surface area contributed by atoms with Crippen molar-refractivity contribution in [3.63, 3.8) is 0 Å². The molecule has 0 atom stereocenters. The van der Waals surface area contributed by atoms with Crippen LogP contribution in [0.25, 0.3) is 0 Å². The highest BCUT2D eigenvalue weighted by Crippen LogP contribution is 1.93. The van der Waals surface area contributed by atoms with Crippen molar-refractivity contribution >= 4 is 0 Å². The third kappa shape index (κ3) is 1.03. The van der Waals surface area contributed by atoms with Gasteiger partial charge in [0.2, 0.25) is 0 Å². The van der Waals surface area contributed by atoms with Gasteiger partial charge in [0.05, 0.1) is 6.67 Å². The van der Waals surface area contributed by atoms with Crippen LogP contribution in [0.4, 0.5) is 0 Å². The van der Waals surface area contributed by atoms with E-state index in [2.05, 4.69) is 10.2 Å². The molecule has 0 aliphatic carbocycles. The van der Waals surface area contributed by atoms with Gasteiger partial charge in [0.1, 0.15) is 0 Å². The molecule has 1 heterocycles. The van der Waals surface area contributed by atoms with E-state index in [-0.39, 0.29) is 0 Å². The van der Waals surface area contributed by atoms with E-state index in [9.17, 15) is 0 Å². The van der Waals surface area contributed by atoms with E-state index in [4.69, 9.17) is 0 Å². The Morgan fingerprint density at radius 2 is 2.62 bits per heavy atom. The molecule has 0 saturated heterocycles. The van der Waals surface area contributed by atoms with Crippen molar-refractivity contribution < 1.29 is 0 Å². The maximum Gasteiger partial charge on any atom is 0.0910 e. The maximum atomic E-state index is 3.05. The van der Waals surface area contributed by atoms with Crippen LogP contribution in [-0.2, 0) is 0 Å². The molecule has 1 aliphatic heterocycles. The lowest BCUT2D eigenvalue weighted by atomic mass is 10.6. The number of hydrogen-bond acceptors (Lipinski definition) is 2. The zero-order valence-corrected chi connectivity index (χ0v) is 4.96. The minimum atomic E-state index is 0.907. The molecule has 0 fully saturated rings. The summed E-state index contributed by atoms with van der Waals surface area (Å²) >= 11 is 0. The molecule has 8 heavy (non-hydrogen) atoms. The van der Waals surface area contributed by atoms with Crippen molar-refractivity contribution in [1.29, 1.82) is 0 Å². The Morgan fingerprint density at radius 1 is 1.75 bits per heavy atom. The highest BCUT2D eigenvalue weighted by atomic mass is 15.2. The summed E-state index contributed by atoms with van der Waals surface area (Å²) in [5, 5.41) is 3.05. The van der Waals surface area contributed by atoms with Crippen LogP contribution in [-0.4, -0.2) is 11.6 Å². The number of hydrogen-bond donors (Lipinski definition) is 1. The molecule has 1 N–H and O–H groups in total. The van der Waals surface area contributed by atoms with Crippen LogP contribution in [0.5, 0.6) is 0 Å². The van der Waals surface area contributed by atoms with Gasteiger partial charge in [-0.15, -0.1) is 0 Å². The van der Waals surface area contributed by atoms with Crippen LogP contribution in [0.3, 0.4) is 0 Å². The second-order valence-corrected chi connectivity index (χ2v) is 1.67. The molecule has 0 unspecified atom stereocenters. The molecule has 0 aromatic heterocycles. The van der Waals surface area contributed by atoms with E-state index in [1.54, 1.807) is 0 Å². The molecule has 2 nitrogen and oxygen atoms in total. The molecule has 2 heteroatoms. The lowest BCUT2D eigenvalue weighted by Crippen LogP contribution is -2.13. The van der Waals surface area contributed by atoms with E-state index in [0.717, 1.165) is 6.67 Å². The lowest BCUT2D eigenvalue weighted by molar-refractivity contribution is 0.523. The molecule has 0 amide bonds. The summed E-state index contributed by atoms with van der Waals surface area (Å²) in [6, 6.07) is 0. The fourth-order valence-electron chi connectivity index (χ4n) is 0.653. The number of allylic oxidation sites excluding steroid dienone is 1. The number of nitrogens with one attached hydrogen (secondary N) is 1. The minimum absolute atomic E-state index is 0.907. The summed E-state index contributed by atoms with van der Waals surface area (Å²) in [6.45, 7) is 2.91. The van der Waals surface area contributed by atoms with Crippen LogP contribution in [0.2, 0.25) is 0 Å². The number of rotatable bonds is 1. The molecule has 0 aromatic rings. The molecule has 44 valence electrons. The first kappa shape index (κ1) is 5.22. The van der Waals surface area contributed by atoms with Gasteiger partial charge in [0, 0.05) is 18.6 Å². The predicted octanol–water partition coefficient (Wildman–Crippen LogP) is 0.854. The van der Waals surface area contributed by atoms with Crippen molar-refractivity contribution in [2.75, 3.05) is 6.67 Å². The van der Waals surface area contributed by atoms with Crippen molar-refractivity contribution in [2.45, 2.75) is 6.92 Å². The van der Waals surface area contributed by atoms with Gasteiger partial charge in [-0.05, 0) is 6.92 Å². The summed E-state index contributed by atoms with van der Waals surface area (Å²) in [6.07, 6.45) is 7.97. The zero-order valence-electron chi connectivity index (χ0n) is 4.96. The Labute approximate surface area is 49.5 Å². The Kier molecular flexibility index (Phi) is 1.57. The van der Waals surface area contributed by atoms with Crippen LogP contribution >= 0.6 is 0 Å². The molecule has 0 saturated carbocycles. The topological polar surface area (TPSA) is 15.3 Å². The second kappa shape index (κ2) is 2.40. The normalized spacial score (nSPS) is 17.9. The van der Waals surface area contributed by atoms with Crippen molar-refractivity contribution in [3.05, 3.63) is 24.7 Å². The highest BCUT2D eigenvalue weighted by molar-refractivity contribution is 4.94. The maximum absolute atomic E-state index is 3.05. The Balaban J connectivity index is 2.36. The average molecular weight is 110 g/mol. The largest absolute Gasteiger partial charge is 0.372 e. The smallest absolute Gasteiger partial charge is 0.0910 e. The van der Waals surface area contributed by atoms with Gasteiger partial charge in [-0.3, -0.25) is 0 Å². The monoisotopic (exact) mass is 110 g/mol. The number of nitrogens with zero attached hydrogens (tertiary/aromatic N) is 1. The quantitative estimate of drug-likeness (QED) is 0.538. The Hall–Kier alpha value is -0.920. The average Bonchev–Trinajstić information content (AvgIpc) is 2.19. The first-order valence-corrected chi connectivity index (χ1v) is 2.72. The third-order valence-electron chi connectivity index (χ3n) is 0.998. The van der Waals surface area contributed by atoms with E-state index < -0.39 is 0 Å². The van der Waals surface area contributed by atoms with E-state index in [0.29, 0.717) is 0 Å². The van der Waals surface area contributed by atoms with Crippen LogP contribution < -0.4 is 5.32 Å². The van der Waals surface area contributed by atoms with Gasteiger partial charge in [0.25, 0.3) is 0 Å². The predicted molar refractivity (Wildman–Crippen MR) is 33.8 cm³/mol. The molecule has 0 bridgehead atoms. The fourth-order valence-corrected chi connectivity index (χ4v) is 0.653. The molecule has 0 aromatic carbocycles. The van der Waals surface area contributed by atoms with Crippen molar-refractivity contribution in [1.82, 2.24) is 10.2 Å². The minimum Gasteiger partial charge on any atom is -0.372 e. The van der Waals surface area contributed by atoms with Crippen LogP contribution in [0.1, 0.15) is 6.92 Å².